The fraction of sp³-hybridized carbons (Fsp3) is 0.353. The number of halogens is 1. The minimum atomic E-state index is -0.442. The Morgan fingerprint density at radius 3 is 2.71 bits per heavy atom. The van der Waals surface area contributed by atoms with Gasteiger partial charge < -0.3 is 10.3 Å². The van der Waals surface area contributed by atoms with E-state index in [0.29, 0.717) is 16.3 Å². The number of aryl methyl sites for hydroxylation is 1. The normalized spacial score (nSPS) is 12.2. The van der Waals surface area contributed by atoms with Crippen molar-refractivity contribution in [2.75, 3.05) is 0 Å². The quantitative estimate of drug-likeness (QED) is 0.621. The number of benzene rings is 1. The Hall–Kier alpha value is -2.15. The summed E-state index contributed by atoms with van der Waals surface area (Å²) < 4.78 is 13.6. The smallest absolute Gasteiger partial charge is 0.254 e. The van der Waals surface area contributed by atoms with Crippen LogP contribution >= 0.6 is 11.8 Å². The maximum atomic E-state index is 13.6. The molecule has 1 atom stereocenters. The van der Waals surface area contributed by atoms with Crippen LogP contribution in [0.5, 0.6) is 0 Å². The van der Waals surface area contributed by atoms with E-state index in [2.05, 4.69) is 15.3 Å². The van der Waals surface area contributed by atoms with Crippen LogP contribution in [0, 0.1) is 18.7 Å². The lowest BCUT2D eigenvalue weighted by atomic mass is 10.1. The van der Waals surface area contributed by atoms with Crippen molar-refractivity contribution in [1.29, 1.82) is 0 Å². The first-order valence-corrected chi connectivity index (χ1v) is 8.50. The highest BCUT2D eigenvalue weighted by molar-refractivity contribution is 8.00. The van der Waals surface area contributed by atoms with Gasteiger partial charge in [-0.25, -0.2) is 9.37 Å². The Balaban J connectivity index is 2.06. The average Bonchev–Trinajstić information content (AvgIpc) is 2.54. The zero-order valence-electron chi connectivity index (χ0n) is 13.8. The van der Waals surface area contributed by atoms with Crippen molar-refractivity contribution in [2.24, 2.45) is 5.92 Å². The predicted molar refractivity (Wildman–Crippen MR) is 92.3 cm³/mol. The number of nitrogens with zero attached hydrogens (tertiary/aromatic N) is 1. The second-order valence-corrected chi connectivity index (χ2v) is 6.92. The van der Waals surface area contributed by atoms with Crippen molar-refractivity contribution in [1.82, 2.24) is 15.3 Å². The second-order valence-electron chi connectivity index (χ2n) is 5.79. The highest BCUT2D eigenvalue weighted by Crippen LogP contribution is 2.25. The molecule has 2 aromatic rings. The zero-order valence-corrected chi connectivity index (χ0v) is 14.6. The molecule has 1 amide bonds. The summed E-state index contributed by atoms with van der Waals surface area (Å²) in [5.41, 5.74) is 0.728. The number of nitrogens with one attached hydrogen (secondary N) is 2. The summed E-state index contributed by atoms with van der Waals surface area (Å²) in [5, 5.41) is 2.70. The molecule has 7 heteroatoms. The van der Waals surface area contributed by atoms with Crippen molar-refractivity contribution in [3.05, 3.63) is 57.8 Å². The minimum Gasteiger partial charge on any atom is -0.351 e. The molecule has 1 heterocycles. The van der Waals surface area contributed by atoms with Crippen LogP contribution in [0.15, 0.2) is 40.4 Å². The van der Waals surface area contributed by atoms with Gasteiger partial charge in [-0.15, -0.1) is 0 Å². The molecular formula is C17H20FN3O2S. The van der Waals surface area contributed by atoms with Crippen LogP contribution in [0.2, 0.25) is 0 Å². The molecule has 0 spiro atoms. The predicted octanol–water partition coefficient (Wildman–Crippen LogP) is 2.65. The molecule has 5 nitrogen and oxygen atoms in total. The highest BCUT2D eigenvalue weighted by atomic mass is 32.2. The summed E-state index contributed by atoms with van der Waals surface area (Å²) in [6, 6.07) is 6.32. The number of amides is 1. The van der Waals surface area contributed by atoms with E-state index in [1.54, 1.807) is 25.1 Å². The lowest BCUT2D eigenvalue weighted by molar-refractivity contribution is -0.121. The first-order chi connectivity index (χ1) is 11.4. The minimum absolute atomic E-state index is 0.0159. The van der Waals surface area contributed by atoms with Crippen molar-refractivity contribution in [2.45, 2.75) is 37.7 Å². The molecule has 0 radical (unpaired) electrons. The van der Waals surface area contributed by atoms with Gasteiger partial charge in [0.15, 0.2) is 5.16 Å². The summed E-state index contributed by atoms with van der Waals surface area (Å²) in [5.74, 6) is -0.556. The first kappa shape index (κ1) is 18.2. The van der Waals surface area contributed by atoms with Crippen molar-refractivity contribution < 1.29 is 9.18 Å². The fourth-order valence-corrected chi connectivity index (χ4v) is 3.01. The number of rotatable bonds is 6. The van der Waals surface area contributed by atoms with Gasteiger partial charge in [-0.3, -0.25) is 9.59 Å². The third kappa shape index (κ3) is 4.67. The largest absolute Gasteiger partial charge is 0.351 e. The molecule has 1 aromatic heterocycles. The summed E-state index contributed by atoms with van der Waals surface area (Å²) >= 11 is 1.19. The van der Waals surface area contributed by atoms with Gasteiger partial charge in [0.05, 0.1) is 5.25 Å². The van der Waals surface area contributed by atoms with Crippen LogP contribution < -0.4 is 10.9 Å². The number of hydrogen-bond donors (Lipinski definition) is 2. The molecular weight excluding hydrogens is 329 g/mol. The molecule has 0 aliphatic carbocycles. The molecule has 0 saturated heterocycles. The number of thioether (sulfide) groups is 1. The van der Waals surface area contributed by atoms with Crippen LogP contribution in [0.3, 0.4) is 0 Å². The van der Waals surface area contributed by atoms with Crippen LogP contribution in [0.1, 0.15) is 25.0 Å². The molecule has 0 aliphatic heterocycles. The van der Waals surface area contributed by atoms with Gasteiger partial charge in [-0.05, 0) is 18.9 Å². The van der Waals surface area contributed by atoms with Crippen LogP contribution in [-0.2, 0) is 11.3 Å². The van der Waals surface area contributed by atoms with E-state index >= 15 is 0 Å². The number of carbonyl (C=O) groups is 1. The lowest BCUT2D eigenvalue weighted by Gasteiger charge is -2.19. The van der Waals surface area contributed by atoms with Crippen LogP contribution in [-0.4, -0.2) is 21.1 Å². The van der Waals surface area contributed by atoms with Gasteiger partial charge in [0, 0.05) is 23.9 Å². The van der Waals surface area contributed by atoms with Gasteiger partial charge in [0.2, 0.25) is 5.91 Å². The van der Waals surface area contributed by atoms with E-state index in [4.69, 9.17) is 0 Å². The Morgan fingerprint density at radius 2 is 2.08 bits per heavy atom. The maximum absolute atomic E-state index is 13.6. The summed E-state index contributed by atoms with van der Waals surface area (Å²) in [6.45, 7) is 5.60. The summed E-state index contributed by atoms with van der Waals surface area (Å²) in [4.78, 5) is 30.9. The summed E-state index contributed by atoms with van der Waals surface area (Å²) in [7, 11) is 0. The maximum Gasteiger partial charge on any atom is 0.254 e. The topological polar surface area (TPSA) is 74.8 Å². The molecule has 24 heavy (non-hydrogen) atoms. The zero-order chi connectivity index (χ0) is 17.7. The monoisotopic (exact) mass is 349 g/mol. The van der Waals surface area contributed by atoms with E-state index in [9.17, 15) is 14.0 Å². The molecule has 2 rings (SSSR count). The number of aromatic nitrogens is 2. The fourth-order valence-electron chi connectivity index (χ4n) is 2.04. The molecule has 2 N–H and O–H groups in total. The third-order valence-electron chi connectivity index (χ3n) is 3.47. The Bertz CT molecular complexity index is 776. The molecule has 128 valence electrons. The molecule has 1 aromatic carbocycles. The average molecular weight is 349 g/mol. The standard InChI is InChI=1S/C17H20FN3O2S/c1-10(2)14(24-17-20-8-11(3)15(22)21-17)16(23)19-9-12-6-4-5-7-13(12)18/h4-8,10,14H,9H2,1-3H3,(H,19,23)(H,20,21,22). The van der Waals surface area contributed by atoms with Crippen molar-refractivity contribution >= 4 is 17.7 Å². The summed E-state index contributed by atoms with van der Waals surface area (Å²) in [6.07, 6.45) is 1.48. The van der Waals surface area contributed by atoms with Crippen molar-refractivity contribution in [3.8, 4) is 0 Å². The molecule has 0 saturated carbocycles. The van der Waals surface area contributed by atoms with Gasteiger partial charge in [-0.1, -0.05) is 43.8 Å². The molecule has 0 bridgehead atoms. The van der Waals surface area contributed by atoms with E-state index in [1.807, 2.05) is 13.8 Å². The van der Waals surface area contributed by atoms with Gasteiger partial charge >= 0.3 is 0 Å². The number of hydrogen-bond acceptors (Lipinski definition) is 4. The molecule has 1 unspecified atom stereocenters. The van der Waals surface area contributed by atoms with E-state index in [1.165, 1.54) is 24.0 Å². The second kappa shape index (κ2) is 8.10. The first-order valence-electron chi connectivity index (χ1n) is 7.62. The van der Waals surface area contributed by atoms with E-state index < -0.39 is 5.25 Å². The van der Waals surface area contributed by atoms with Crippen LogP contribution in [0.4, 0.5) is 4.39 Å². The Labute approximate surface area is 144 Å². The van der Waals surface area contributed by atoms with Crippen LogP contribution in [0.25, 0.3) is 0 Å². The van der Waals surface area contributed by atoms with Gasteiger partial charge in [-0.2, -0.15) is 0 Å². The number of H-pyrrole nitrogens is 1. The SMILES string of the molecule is Cc1cnc(SC(C(=O)NCc2ccccc2F)C(C)C)[nH]c1=O. The molecule has 0 fully saturated rings. The highest BCUT2D eigenvalue weighted by Gasteiger charge is 2.24. The number of carbonyl (C=O) groups excluding carboxylic acids is 1. The van der Waals surface area contributed by atoms with Gasteiger partial charge in [0.25, 0.3) is 5.56 Å². The van der Waals surface area contributed by atoms with Crippen molar-refractivity contribution in [3.63, 3.8) is 0 Å². The van der Waals surface area contributed by atoms with Gasteiger partial charge in [0.1, 0.15) is 5.82 Å². The Morgan fingerprint density at radius 1 is 1.38 bits per heavy atom. The Kier molecular flexibility index (Phi) is 6.14. The number of aromatic amines is 1. The third-order valence-corrected chi connectivity index (χ3v) is 4.91. The lowest BCUT2D eigenvalue weighted by Crippen LogP contribution is -2.35. The van der Waals surface area contributed by atoms with E-state index in [-0.39, 0.29) is 29.7 Å². The molecule has 0 aliphatic rings. The van der Waals surface area contributed by atoms with E-state index in [0.717, 1.165) is 0 Å².